The Labute approximate surface area is 112 Å². The molecule has 0 unspecified atom stereocenters. The molecule has 0 aliphatic carbocycles. The Bertz CT molecular complexity index is 372. The summed E-state index contributed by atoms with van der Waals surface area (Å²) in [7, 11) is 0. The summed E-state index contributed by atoms with van der Waals surface area (Å²) >= 11 is 0. The molecule has 0 fully saturated rings. The molecule has 1 heterocycles. The highest BCUT2D eigenvalue weighted by atomic mass is 15.2. The van der Waals surface area contributed by atoms with Gasteiger partial charge in [0.1, 0.15) is 11.6 Å². The predicted octanol–water partition coefficient (Wildman–Crippen LogP) is 3.91. The van der Waals surface area contributed by atoms with Crippen molar-refractivity contribution in [1.29, 1.82) is 0 Å². The summed E-state index contributed by atoms with van der Waals surface area (Å²) in [5.41, 5.74) is 7.39. The second-order valence-corrected chi connectivity index (χ2v) is 6.03. The molecule has 0 saturated carbocycles. The third kappa shape index (κ3) is 3.50. The number of nitrogen functional groups attached to an aromatic ring is 1. The first-order valence-corrected chi connectivity index (χ1v) is 7.28. The van der Waals surface area contributed by atoms with Crippen LogP contribution in [0, 0.1) is 0 Å². The molecule has 0 amide bonds. The van der Waals surface area contributed by atoms with Gasteiger partial charge in [-0.15, -0.1) is 0 Å². The molecule has 2 N–H and O–H groups in total. The molecular weight excluding hydrogens is 222 g/mol. The second kappa shape index (κ2) is 6.26. The highest BCUT2D eigenvalue weighted by Gasteiger charge is 2.22. The van der Waals surface area contributed by atoms with E-state index in [2.05, 4.69) is 39.2 Å². The first-order chi connectivity index (χ1) is 8.41. The summed E-state index contributed by atoms with van der Waals surface area (Å²) in [4.78, 5) is 4.73. The molecule has 0 aliphatic heterocycles. The van der Waals surface area contributed by atoms with Crippen molar-refractivity contribution in [1.82, 2.24) is 9.55 Å². The Kier molecular flexibility index (Phi) is 5.24. The van der Waals surface area contributed by atoms with Crippen molar-refractivity contribution in [2.75, 3.05) is 5.73 Å². The van der Waals surface area contributed by atoms with Crippen molar-refractivity contribution < 1.29 is 0 Å². The van der Waals surface area contributed by atoms with Gasteiger partial charge in [0.15, 0.2) is 0 Å². The van der Waals surface area contributed by atoms with Gasteiger partial charge in [0.25, 0.3) is 0 Å². The minimum Gasteiger partial charge on any atom is -0.384 e. The summed E-state index contributed by atoms with van der Waals surface area (Å²) < 4.78 is 2.20. The third-order valence-corrected chi connectivity index (χ3v) is 3.31. The molecule has 18 heavy (non-hydrogen) atoms. The fraction of sp³-hybridized carbons (Fsp3) is 0.800. The Morgan fingerprint density at radius 2 is 1.78 bits per heavy atom. The number of anilines is 1. The average molecular weight is 251 g/mol. The van der Waals surface area contributed by atoms with Gasteiger partial charge >= 0.3 is 0 Å². The third-order valence-electron chi connectivity index (χ3n) is 3.31. The average Bonchev–Trinajstić information content (AvgIpc) is 2.61. The molecule has 0 atom stereocenters. The summed E-state index contributed by atoms with van der Waals surface area (Å²) in [6, 6.07) is 0. The maximum atomic E-state index is 6.28. The number of imidazole rings is 1. The smallest absolute Gasteiger partial charge is 0.127 e. The van der Waals surface area contributed by atoms with Crippen molar-refractivity contribution in [3.63, 3.8) is 0 Å². The fourth-order valence-electron chi connectivity index (χ4n) is 2.42. The minimum absolute atomic E-state index is 0.0180. The zero-order chi connectivity index (χ0) is 13.8. The number of aromatic nitrogens is 2. The van der Waals surface area contributed by atoms with E-state index in [1.54, 1.807) is 0 Å². The number of hydrogen-bond acceptors (Lipinski definition) is 2. The molecular formula is C15H29N3. The second-order valence-electron chi connectivity index (χ2n) is 6.03. The molecule has 0 radical (unpaired) electrons. The summed E-state index contributed by atoms with van der Waals surface area (Å²) in [5, 5.41) is 0. The van der Waals surface area contributed by atoms with Crippen LogP contribution in [0.1, 0.15) is 71.8 Å². The van der Waals surface area contributed by atoms with E-state index in [4.69, 9.17) is 10.7 Å². The predicted molar refractivity (Wildman–Crippen MR) is 78.9 cm³/mol. The van der Waals surface area contributed by atoms with Crippen LogP contribution in [-0.4, -0.2) is 9.55 Å². The van der Waals surface area contributed by atoms with E-state index in [1.165, 1.54) is 25.7 Å². The van der Waals surface area contributed by atoms with Crippen molar-refractivity contribution in [2.45, 2.75) is 78.7 Å². The van der Waals surface area contributed by atoms with Crippen LogP contribution in [0.3, 0.4) is 0 Å². The SMILES string of the molecule is CCCCCCc1nc(CC)n(C(C)(C)C)c1N. The van der Waals surface area contributed by atoms with E-state index < -0.39 is 0 Å². The molecule has 1 aromatic heterocycles. The molecule has 0 aliphatic rings. The Hall–Kier alpha value is -0.990. The van der Waals surface area contributed by atoms with Crippen LogP contribution in [0.15, 0.2) is 0 Å². The maximum absolute atomic E-state index is 6.28. The van der Waals surface area contributed by atoms with Crippen molar-refractivity contribution in [2.24, 2.45) is 0 Å². The van der Waals surface area contributed by atoms with Gasteiger partial charge < -0.3 is 10.3 Å². The lowest BCUT2D eigenvalue weighted by molar-refractivity contribution is 0.389. The molecule has 3 nitrogen and oxygen atoms in total. The van der Waals surface area contributed by atoms with E-state index in [0.717, 1.165) is 30.2 Å². The van der Waals surface area contributed by atoms with Gasteiger partial charge in [-0.2, -0.15) is 0 Å². The number of hydrogen-bond donors (Lipinski definition) is 1. The Morgan fingerprint density at radius 3 is 2.22 bits per heavy atom. The molecule has 0 aromatic carbocycles. The maximum Gasteiger partial charge on any atom is 0.127 e. The quantitative estimate of drug-likeness (QED) is 0.779. The highest BCUT2D eigenvalue weighted by Crippen LogP contribution is 2.26. The lowest BCUT2D eigenvalue weighted by Gasteiger charge is -2.24. The van der Waals surface area contributed by atoms with Crippen molar-refractivity contribution >= 4 is 5.82 Å². The zero-order valence-corrected chi connectivity index (χ0v) is 12.7. The van der Waals surface area contributed by atoms with Gasteiger partial charge in [0.2, 0.25) is 0 Å². The lowest BCUT2D eigenvalue weighted by atomic mass is 10.1. The van der Waals surface area contributed by atoms with Crippen LogP contribution in [0.2, 0.25) is 0 Å². The molecule has 104 valence electrons. The molecule has 0 bridgehead atoms. The first-order valence-electron chi connectivity index (χ1n) is 7.28. The molecule has 0 spiro atoms. The van der Waals surface area contributed by atoms with Crippen LogP contribution in [-0.2, 0) is 18.4 Å². The molecule has 1 rings (SSSR count). The Morgan fingerprint density at radius 1 is 1.11 bits per heavy atom. The van der Waals surface area contributed by atoms with Crippen LogP contribution in [0.4, 0.5) is 5.82 Å². The van der Waals surface area contributed by atoms with E-state index in [9.17, 15) is 0 Å². The number of aryl methyl sites for hydroxylation is 2. The summed E-state index contributed by atoms with van der Waals surface area (Å²) in [6.07, 6.45) is 7.01. The van der Waals surface area contributed by atoms with Gasteiger partial charge in [0, 0.05) is 12.0 Å². The van der Waals surface area contributed by atoms with Crippen molar-refractivity contribution in [3.8, 4) is 0 Å². The van der Waals surface area contributed by atoms with E-state index in [-0.39, 0.29) is 5.54 Å². The zero-order valence-electron chi connectivity index (χ0n) is 12.7. The minimum atomic E-state index is 0.0180. The van der Waals surface area contributed by atoms with Crippen LogP contribution < -0.4 is 5.73 Å². The lowest BCUT2D eigenvalue weighted by Crippen LogP contribution is -2.25. The molecule has 1 aromatic rings. The summed E-state index contributed by atoms with van der Waals surface area (Å²) in [5.74, 6) is 1.99. The number of nitrogens with two attached hydrogens (primary N) is 1. The largest absolute Gasteiger partial charge is 0.384 e. The van der Waals surface area contributed by atoms with E-state index >= 15 is 0 Å². The monoisotopic (exact) mass is 251 g/mol. The number of nitrogens with zero attached hydrogens (tertiary/aromatic N) is 2. The molecule has 0 saturated heterocycles. The molecule has 3 heteroatoms. The summed E-state index contributed by atoms with van der Waals surface area (Å²) in [6.45, 7) is 10.9. The van der Waals surface area contributed by atoms with Gasteiger partial charge in [-0.1, -0.05) is 33.1 Å². The fourth-order valence-corrected chi connectivity index (χ4v) is 2.42. The number of rotatable bonds is 6. The first kappa shape index (κ1) is 15.1. The van der Waals surface area contributed by atoms with Gasteiger partial charge in [-0.25, -0.2) is 4.98 Å². The Balaban J connectivity index is 2.85. The standard InChI is InChI=1S/C15H29N3/c1-6-8-9-10-11-12-14(16)18(15(3,4)5)13(7-2)17-12/h6-11,16H2,1-5H3. The normalized spacial score (nSPS) is 12.1. The van der Waals surface area contributed by atoms with Crippen molar-refractivity contribution in [3.05, 3.63) is 11.5 Å². The van der Waals surface area contributed by atoms with Crippen LogP contribution in [0.5, 0.6) is 0 Å². The highest BCUT2D eigenvalue weighted by molar-refractivity contribution is 5.39. The van der Waals surface area contributed by atoms with E-state index in [0.29, 0.717) is 0 Å². The van der Waals surface area contributed by atoms with Gasteiger partial charge in [0.05, 0.1) is 5.69 Å². The van der Waals surface area contributed by atoms with Gasteiger partial charge in [-0.05, 0) is 33.6 Å². The van der Waals surface area contributed by atoms with Crippen LogP contribution in [0.25, 0.3) is 0 Å². The van der Waals surface area contributed by atoms with Crippen LogP contribution >= 0.6 is 0 Å². The van der Waals surface area contributed by atoms with Gasteiger partial charge in [-0.3, -0.25) is 0 Å². The number of unbranched alkanes of at least 4 members (excludes halogenated alkanes) is 3. The van der Waals surface area contributed by atoms with E-state index in [1.807, 2.05) is 0 Å². The topological polar surface area (TPSA) is 43.8 Å².